The third kappa shape index (κ3) is 1.26. The van der Waals surface area contributed by atoms with Crippen molar-refractivity contribution in [3.05, 3.63) is 36.2 Å². The molecule has 2 nitrogen and oxygen atoms in total. The number of nitrogens with zero attached hydrogens (tertiary/aromatic N) is 2. The summed E-state index contributed by atoms with van der Waals surface area (Å²) in [6.07, 6.45) is 2.08. The van der Waals surface area contributed by atoms with Gasteiger partial charge in [0, 0.05) is 6.20 Å². The van der Waals surface area contributed by atoms with E-state index in [1.165, 1.54) is 10.2 Å². The van der Waals surface area contributed by atoms with Crippen molar-refractivity contribution >= 4 is 43.5 Å². The molecule has 0 aliphatic rings. The number of fused-ring (bicyclic) bond motifs is 3. The lowest BCUT2D eigenvalue weighted by molar-refractivity contribution is 1.28. The van der Waals surface area contributed by atoms with Crippen LogP contribution < -0.4 is 0 Å². The molecule has 2 heterocycles. The van der Waals surface area contributed by atoms with Crippen molar-refractivity contribution in [2.24, 2.45) is 0 Å². The fraction of sp³-hybridized carbons (Fsp3) is 0.100. The quantitative estimate of drug-likeness (QED) is 0.611. The second-order valence-electron chi connectivity index (χ2n) is 3.10. The highest BCUT2D eigenvalue weighted by molar-refractivity contribution is 8.93. The molecule has 4 heteroatoms. The van der Waals surface area contributed by atoms with E-state index < -0.39 is 0 Å². The van der Waals surface area contributed by atoms with Crippen molar-refractivity contribution in [3.63, 3.8) is 0 Å². The Bertz CT molecular complexity index is 582. The number of thiazole rings is 1. The van der Waals surface area contributed by atoms with Gasteiger partial charge < -0.3 is 0 Å². The van der Waals surface area contributed by atoms with Crippen molar-refractivity contribution in [1.82, 2.24) is 9.38 Å². The molecule has 0 bridgehead atoms. The molecule has 2 aromatic heterocycles. The number of imidazole rings is 1. The molecular weight excluding hydrogens is 260 g/mol. The van der Waals surface area contributed by atoms with E-state index in [0.717, 1.165) is 10.7 Å². The summed E-state index contributed by atoms with van der Waals surface area (Å²) < 4.78 is 3.44. The minimum absolute atomic E-state index is 0. The number of hydrogen-bond donors (Lipinski definition) is 0. The van der Waals surface area contributed by atoms with Crippen molar-refractivity contribution in [1.29, 1.82) is 0 Å². The van der Waals surface area contributed by atoms with Gasteiger partial charge in [-0.25, -0.2) is 4.98 Å². The minimum Gasteiger partial charge on any atom is -0.290 e. The van der Waals surface area contributed by atoms with Crippen LogP contribution in [-0.2, 0) is 0 Å². The van der Waals surface area contributed by atoms with Gasteiger partial charge in [0.25, 0.3) is 0 Å². The zero-order valence-electron chi connectivity index (χ0n) is 7.60. The van der Waals surface area contributed by atoms with E-state index in [9.17, 15) is 0 Å². The lowest BCUT2D eigenvalue weighted by atomic mass is 10.3. The first-order valence-electron chi connectivity index (χ1n) is 4.18. The molecule has 0 radical (unpaired) electrons. The highest BCUT2D eigenvalue weighted by Crippen LogP contribution is 2.25. The SMILES string of the molecule is Br.Cc1cn2c(n1)sc1ccccc12. The zero-order chi connectivity index (χ0) is 8.84. The van der Waals surface area contributed by atoms with E-state index in [2.05, 4.69) is 39.8 Å². The van der Waals surface area contributed by atoms with Gasteiger partial charge in [0.1, 0.15) is 0 Å². The first-order chi connectivity index (χ1) is 6.34. The van der Waals surface area contributed by atoms with E-state index in [1.807, 2.05) is 6.92 Å². The topological polar surface area (TPSA) is 17.3 Å². The number of aryl methyl sites for hydroxylation is 1. The normalized spacial score (nSPS) is 10.6. The lowest BCUT2D eigenvalue weighted by Gasteiger charge is -1.87. The van der Waals surface area contributed by atoms with E-state index in [4.69, 9.17) is 0 Å². The van der Waals surface area contributed by atoms with Crippen LogP contribution in [0.5, 0.6) is 0 Å². The molecule has 14 heavy (non-hydrogen) atoms. The summed E-state index contributed by atoms with van der Waals surface area (Å²) in [4.78, 5) is 5.51. The molecular formula is C10H9BrN2S. The number of halogens is 1. The Morgan fingerprint density at radius 1 is 1.29 bits per heavy atom. The van der Waals surface area contributed by atoms with E-state index in [1.54, 1.807) is 11.3 Å². The monoisotopic (exact) mass is 268 g/mol. The molecule has 3 rings (SSSR count). The Morgan fingerprint density at radius 2 is 2.07 bits per heavy atom. The summed E-state index contributed by atoms with van der Waals surface area (Å²) in [6, 6.07) is 8.37. The van der Waals surface area contributed by atoms with Crippen LogP contribution >= 0.6 is 28.3 Å². The van der Waals surface area contributed by atoms with Crippen LogP contribution in [0.3, 0.4) is 0 Å². The molecule has 0 saturated heterocycles. The highest BCUT2D eigenvalue weighted by atomic mass is 79.9. The Morgan fingerprint density at radius 3 is 2.93 bits per heavy atom. The minimum atomic E-state index is 0. The first kappa shape index (κ1) is 9.68. The highest BCUT2D eigenvalue weighted by Gasteiger charge is 2.04. The van der Waals surface area contributed by atoms with Crippen LogP contribution in [0.15, 0.2) is 30.5 Å². The van der Waals surface area contributed by atoms with Crippen LogP contribution in [0, 0.1) is 6.92 Å². The first-order valence-corrected chi connectivity index (χ1v) is 4.99. The Kier molecular flexibility index (Phi) is 2.33. The Balaban J connectivity index is 0.000000750. The maximum Gasteiger partial charge on any atom is 0.194 e. The molecule has 3 aromatic rings. The molecule has 0 aliphatic carbocycles. The standard InChI is InChI=1S/C10H8N2S.BrH/c1-7-6-12-8-4-2-3-5-9(8)13-10(12)11-7;/h2-6H,1H3;1H. The lowest BCUT2D eigenvalue weighted by Crippen LogP contribution is -1.74. The molecule has 0 aliphatic heterocycles. The molecule has 0 spiro atoms. The number of benzene rings is 1. The molecule has 0 amide bonds. The third-order valence-electron chi connectivity index (χ3n) is 2.12. The number of para-hydroxylation sites is 1. The summed E-state index contributed by atoms with van der Waals surface area (Å²) >= 11 is 1.73. The zero-order valence-corrected chi connectivity index (χ0v) is 10.1. The van der Waals surface area contributed by atoms with Gasteiger partial charge in [0.15, 0.2) is 4.96 Å². The molecule has 0 unspecified atom stereocenters. The van der Waals surface area contributed by atoms with Gasteiger partial charge in [-0.2, -0.15) is 0 Å². The van der Waals surface area contributed by atoms with Crippen LogP contribution in [0.4, 0.5) is 0 Å². The second kappa shape index (κ2) is 3.37. The second-order valence-corrected chi connectivity index (χ2v) is 4.11. The maximum absolute atomic E-state index is 4.43. The van der Waals surface area contributed by atoms with Gasteiger partial charge in [0.05, 0.1) is 15.9 Å². The smallest absolute Gasteiger partial charge is 0.194 e. The van der Waals surface area contributed by atoms with Crippen LogP contribution in [0.2, 0.25) is 0 Å². The predicted molar refractivity (Wildman–Crippen MR) is 65.6 cm³/mol. The van der Waals surface area contributed by atoms with Crippen LogP contribution in [-0.4, -0.2) is 9.38 Å². The van der Waals surface area contributed by atoms with Gasteiger partial charge in [0.2, 0.25) is 0 Å². The molecule has 1 aromatic carbocycles. The summed E-state index contributed by atoms with van der Waals surface area (Å²) in [5, 5.41) is 0. The largest absolute Gasteiger partial charge is 0.290 e. The summed E-state index contributed by atoms with van der Waals surface area (Å²) in [7, 11) is 0. The fourth-order valence-corrected chi connectivity index (χ4v) is 2.61. The van der Waals surface area contributed by atoms with Crippen LogP contribution in [0.1, 0.15) is 5.69 Å². The average molecular weight is 269 g/mol. The van der Waals surface area contributed by atoms with Crippen molar-refractivity contribution in [2.45, 2.75) is 6.92 Å². The molecule has 0 atom stereocenters. The van der Waals surface area contributed by atoms with Crippen molar-refractivity contribution in [2.75, 3.05) is 0 Å². The van der Waals surface area contributed by atoms with Gasteiger partial charge in [-0.1, -0.05) is 23.5 Å². The molecule has 0 saturated carbocycles. The Labute approximate surface area is 96.0 Å². The number of aromatic nitrogens is 2. The molecule has 72 valence electrons. The molecule has 0 fully saturated rings. The fourth-order valence-electron chi connectivity index (χ4n) is 1.56. The van der Waals surface area contributed by atoms with E-state index in [0.29, 0.717) is 0 Å². The van der Waals surface area contributed by atoms with Crippen molar-refractivity contribution < 1.29 is 0 Å². The average Bonchev–Trinajstić information content (AvgIpc) is 2.60. The van der Waals surface area contributed by atoms with Crippen LogP contribution in [0.25, 0.3) is 15.2 Å². The van der Waals surface area contributed by atoms with E-state index >= 15 is 0 Å². The Hall–Kier alpha value is -0.870. The summed E-state index contributed by atoms with van der Waals surface area (Å²) in [5.74, 6) is 0. The number of rotatable bonds is 0. The maximum atomic E-state index is 4.43. The van der Waals surface area contributed by atoms with Gasteiger partial charge in [-0.15, -0.1) is 17.0 Å². The summed E-state index contributed by atoms with van der Waals surface area (Å²) in [6.45, 7) is 2.02. The number of hydrogen-bond acceptors (Lipinski definition) is 2. The summed E-state index contributed by atoms with van der Waals surface area (Å²) in [5.41, 5.74) is 2.33. The third-order valence-corrected chi connectivity index (χ3v) is 3.16. The molecule has 0 N–H and O–H groups in total. The van der Waals surface area contributed by atoms with Gasteiger partial charge >= 0.3 is 0 Å². The predicted octanol–water partition coefficient (Wildman–Crippen LogP) is 3.44. The van der Waals surface area contributed by atoms with E-state index in [-0.39, 0.29) is 17.0 Å². The van der Waals surface area contributed by atoms with Gasteiger partial charge in [-0.3, -0.25) is 4.40 Å². The van der Waals surface area contributed by atoms with Crippen molar-refractivity contribution in [3.8, 4) is 0 Å². The van der Waals surface area contributed by atoms with Gasteiger partial charge in [-0.05, 0) is 19.1 Å².